The molecular formula is C17H17NO2. The number of benzene rings is 2. The van der Waals surface area contributed by atoms with Crippen LogP contribution in [0.5, 0.6) is 5.75 Å². The Bertz CT molecular complexity index is 649. The summed E-state index contributed by atoms with van der Waals surface area (Å²) >= 11 is 0. The maximum Gasteiger partial charge on any atom is 0.150 e. The minimum absolute atomic E-state index is 0.664. The molecule has 0 fully saturated rings. The number of hydrogen-bond acceptors (Lipinski definition) is 3. The van der Waals surface area contributed by atoms with Crippen molar-refractivity contribution in [3.63, 3.8) is 0 Å². The molecule has 1 aliphatic heterocycles. The summed E-state index contributed by atoms with van der Waals surface area (Å²) in [6.45, 7) is 1.04. The fraction of sp³-hybridized carbons (Fsp3) is 0.235. The smallest absolute Gasteiger partial charge is 0.150 e. The van der Waals surface area contributed by atoms with Gasteiger partial charge in [-0.3, -0.25) is 4.79 Å². The van der Waals surface area contributed by atoms with Gasteiger partial charge >= 0.3 is 0 Å². The molecule has 3 rings (SSSR count). The minimum atomic E-state index is 0.664. The predicted molar refractivity (Wildman–Crippen MR) is 80.6 cm³/mol. The van der Waals surface area contributed by atoms with Gasteiger partial charge in [-0.25, -0.2) is 0 Å². The van der Waals surface area contributed by atoms with Crippen LogP contribution in [0, 0.1) is 0 Å². The fourth-order valence-electron chi connectivity index (χ4n) is 2.67. The maximum absolute atomic E-state index is 11.0. The summed E-state index contributed by atoms with van der Waals surface area (Å²) in [6, 6.07) is 11.9. The second kappa shape index (κ2) is 5.37. The zero-order valence-corrected chi connectivity index (χ0v) is 11.5. The van der Waals surface area contributed by atoms with Gasteiger partial charge in [-0.1, -0.05) is 6.07 Å². The number of nitrogens with one attached hydrogen (secondary N) is 1. The van der Waals surface area contributed by atoms with Crippen molar-refractivity contribution in [2.24, 2.45) is 0 Å². The highest BCUT2D eigenvalue weighted by Crippen LogP contribution is 2.34. The third-order valence-corrected chi connectivity index (χ3v) is 3.71. The summed E-state index contributed by atoms with van der Waals surface area (Å²) < 4.78 is 5.41. The quantitative estimate of drug-likeness (QED) is 0.864. The molecule has 0 radical (unpaired) electrons. The zero-order chi connectivity index (χ0) is 13.9. The first-order chi connectivity index (χ1) is 9.81. The van der Waals surface area contributed by atoms with Gasteiger partial charge in [0.25, 0.3) is 0 Å². The second-order valence-electron chi connectivity index (χ2n) is 4.98. The van der Waals surface area contributed by atoms with E-state index in [1.54, 1.807) is 13.2 Å². The van der Waals surface area contributed by atoms with E-state index in [1.807, 2.05) is 12.1 Å². The van der Waals surface area contributed by atoms with E-state index in [-0.39, 0.29) is 0 Å². The van der Waals surface area contributed by atoms with E-state index in [1.165, 1.54) is 11.3 Å². The number of methoxy groups -OCH3 is 1. The third-order valence-electron chi connectivity index (χ3n) is 3.71. The highest BCUT2D eigenvalue weighted by Gasteiger charge is 2.12. The van der Waals surface area contributed by atoms with Gasteiger partial charge in [0.15, 0.2) is 0 Å². The molecule has 0 amide bonds. The number of ether oxygens (including phenoxy) is 1. The Balaban J connectivity index is 2.10. The van der Waals surface area contributed by atoms with Crippen LogP contribution in [0.3, 0.4) is 0 Å². The Morgan fingerprint density at radius 3 is 2.90 bits per heavy atom. The number of hydrogen-bond donors (Lipinski definition) is 1. The van der Waals surface area contributed by atoms with Crippen molar-refractivity contribution >= 4 is 12.0 Å². The predicted octanol–water partition coefficient (Wildman–Crippen LogP) is 3.53. The van der Waals surface area contributed by atoms with Crippen LogP contribution < -0.4 is 10.1 Å². The molecule has 0 spiro atoms. The van der Waals surface area contributed by atoms with E-state index < -0.39 is 0 Å². The highest BCUT2D eigenvalue weighted by atomic mass is 16.5. The standard InChI is InChI=1S/C17H17NO2/c1-20-17-7-4-12(11-19)9-15(17)13-5-6-16-14(10-13)3-2-8-18-16/h4-7,9-11,18H,2-3,8H2,1H3. The van der Waals surface area contributed by atoms with Gasteiger partial charge in [0, 0.05) is 23.4 Å². The SMILES string of the molecule is COc1ccc(C=O)cc1-c1ccc2c(c1)CCCN2. The van der Waals surface area contributed by atoms with Gasteiger partial charge in [0.05, 0.1) is 7.11 Å². The Morgan fingerprint density at radius 2 is 2.10 bits per heavy atom. The maximum atomic E-state index is 11.0. The van der Waals surface area contributed by atoms with Crippen molar-refractivity contribution in [2.75, 3.05) is 19.0 Å². The lowest BCUT2D eigenvalue weighted by Crippen LogP contribution is -2.11. The molecule has 0 bridgehead atoms. The highest BCUT2D eigenvalue weighted by molar-refractivity contribution is 5.82. The van der Waals surface area contributed by atoms with Gasteiger partial charge < -0.3 is 10.1 Å². The summed E-state index contributed by atoms with van der Waals surface area (Å²) in [5, 5.41) is 3.41. The third kappa shape index (κ3) is 2.27. The number of carbonyl (C=O) groups excluding carboxylic acids is 1. The Hall–Kier alpha value is -2.29. The van der Waals surface area contributed by atoms with E-state index >= 15 is 0 Å². The first-order valence-electron chi connectivity index (χ1n) is 6.82. The van der Waals surface area contributed by atoms with Gasteiger partial charge in [0.1, 0.15) is 12.0 Å². The van der Waals surface area contributed by atoms with E-state index in [9.17, 15) is 4.79 Å². The van der Waals surface area contributed by atoms with Crippen molar-refractivity contribution in [3.8, 4) is 16.9 Å². The molecule has 3 heteroatoms. The normalized spacial score (nSPS) is 13.2. The molecule has 2 aromatic rings. The van der Waals surface area contributed by atoms with Crippen LogP contribution in [0.4, 0.5) is 5.69 Å². The van der Waals surface area contributed by atoms with Crippen molar-refractivity contribution in [1.82, 2.24) is 0 Å². The molecule has 0 aliphatic carbocycles. The van der Waals surface area contributed by atoms with Crippen LogP contribution in [0.1, 0.15) is 22.3 Å². The summed E-state index contributed by atoms with van der Waals surface area (Å²) in [5.74, 6) is 0.791. The zero-order valence-electron chi connectivity index (χ0n) is 11.5. The molecule has 102 valence electrons. The van der Waals surface area contributed by atoms with E-state index in [0.29, 0.717) is 5.56 Å². The van der Waals surface area contributed by atoms with E-state index in [2.05, 4.69) is 23.5 Å². The second-order valence-corrected chi connectivity index (χ2v) is 4.98. The summed E-state index contributed by atoms with van der Waals surface area (Å²) in [7, 11) is 1.65. The molecule has 2 aromatic carbocycles. The van der Waals surface area contributed by atoms with Gasteiger partial charge in [-0.05, 0) is 54.3 Å². The molecule has 0 unspecified atom stereocenters. The Labute approximate surface area is 118 Å². The van der Waals surface area contributed by atoms with Crippen LogP contribution in [-0.2, 0) is 6.42 Å². The molecule has 1 heterocycles. The largest absolute Gasteiger partial charge is 0.496 e. The molecule has 3 nitrogen and oxygen atoms in total. The monoisotopic (exact) mass is 267 g/mol. The van der Waals surface area contributed by atoms with Crippen LogP contribution >= 0.6 is 0 Å². The van der Waals surface area contributed by atoms with Crippen LogP contribution in [0.2, 0.25) is 0 Å². The lowest BCUT2D eigenvalue weighted by atomic mass is 9.96. The molecule has 0 saturated carbocycles. The van der Waals surface area contributed by atoms with Gasteiger partial charge in [0.2, 0.25) is 0 Å². The van der Waals surface area contributed by atoms with Crippen molar-refractivity contribution in [2.45, 2.75) is 12.8 Å². The Kier molecular flexibility index (Phi) is 3.42. The average Bonchev–Trinajstić information content (AvgIpc) is 2.53. The first-order valence-corrected chi connectivity index (χ1v) is 6.82. The summed E-state index contributed by atoms with van der Waals surface area (Å²) in [6.07, 6.45) is 3.11. The Morgan fingerprint density at radius 1 is 1.20 bits per heavy atom. The average molecular weight is 267 g/mol. The topological polar surface area (TPSA) is 38.3 Å². The molecule has 0 aromatic heterocycles. The summed E-state index contributed by atoms with van der Waals surface area (Å²) in [4.78, 5) is 11.0. The number of anilines is 1. The lowest BCUT2D eigenvalue weighted by Gasteiger charge is -2.19. The van der Waals surface area contributed by atoms with E-state index in [4.69, 9.17) is 4.74 Å². The molecular weight excluding hydrogens is 250 g/mol. The van der Waals surface area contributed by atoms with Crippen LogP contribution in [0.15, 0.2) is 36.4 Å². The molecule has 1 N–H and O–H groups in total. The molecule has 0 saturated heterocycles. The number of rotatable bonds is 3. The number of aldehydes is 1. The number of aryl methyl sites for hydroxylation is 1. The van der Waals surface area contributed by atoms with Crippen LogP contribution in [0.25, 0.3) is 11.1 Å². The van der Waals surface area contributed by atoms with Crippen molar-refractivity contribution in [1.29, 1.82) is 0 Å². The first kappa shape index (κ1) is 12.7. The molecule has 1 aliphatic rings. The van der Waals surface area contributed by atoms with E-state index in [0.717, 1.165) is 42.5 Å². The van der Waals surface area contributed by atoms with Crippen molar-refractivity contribution < 1.29 is 9.53 Å². The molecule has 0 atom stereocenters. The number of carbonyl (C=O) groups is 1. The summed E-state index contributed by atoms with van der Waals surface area (Å²) in [5.41, 5.74) is 5.26. The number of fused-ring (bicyclic) bond motifs is 1. The van der Waals surface area contributed by atoms with Crippen molar-refractivity contribution in [3.05, 3.63) is 47.5 Å². The van der Waals surface area contributed by atoms with Crippen LogP contribution in [-0.4, -0.2) is 19.9 Å². The van der Waals surface area contributed by atoms with Gasteiger partial charge in [-0.2, -0.15) is 0 Å². The van der Waals surface area contributed by atoms with Gasteiger partial charge in [-0.15, -0.1) is 0 Å². The fourth-order valence-corrected chi connectivity index (χ4v) is 2.67. The lowest BCUT2D eigenvalue weighted by molar-refractivity contribution is 0.112. The minimum Gasteiger partial charge on any atom is -0.496 e. The molecule has 20 heavy (non-hydrogen) atoms.